The molecule has 0 spiro atoms. The van der Waals surface area contributed by atoms with Crippen molar-refractivity contribution in [2.24, 2.45) is 0 Å². The monoisotopic (exact) mass is 389 g/mol. The fraction of sp³-hybridized carbons (Fsp3) is 0.238. The maximum absolute atomic E-state index is 13.2. The molecule has 2 aromatic carbocycles. The van der Waals surface area contributed by atoms with E-state index < -0.39 is 0 Å². The Morgan fingerprint density at radius 3 is 2.83 bits per heavy atom. The van der Waals surface area contributed by atoms with Gasteiger partial charge in [0.05, 0.1) is 18.3 Å². The third kappa shape index (κ3) is 3.02. The van der Waals surface area contributed by atoms with Crippen molar-refractivity contribution in [3.05, 3.63) is 59.9 Å². The summed E-state index contributed by atoms with van der Waals surface area (Å²) in [6.07, 6.45) is 0. The SMILES string of the molecule is C[C@H]1c2nc(-c3ccccc3)nn2CCN1C(=O)c1ccc2c(c1)OCC(=O)N2. The number of hydrogen-bond donors (Lipinski definition) is 1. The van der Waals surface area contributed by atoms with Crippen molar-refractivity contribution in [3.8, 4) is 17.1 Å². The first kappa shape index (κ1) is 17.4. The van der Waals surface area contributed by atoms with Gasteiger partial charge in [0.25, 0.3) is 11.8 Å². The second-order valence-electron chi connectivity index (χ2n) is 7.11. The molecule has 0 fully saturated rings. The van der Waals surface area contributed by atoms with E-state index >= 15 is 0 Å². The number of carbonyl (C=O) groups is 2. The molecule has 2 aliphatic rings. The van der Waals surface area contributed by atoms with E-state index in [0.717, 1.165) is 11.4 Å². The molecule has 0 aliphatic carbocycles. The van der Waals surface area contributed by atoms with Crippen LogP contribution in [0.1, 0.15) is 29.1 Å². The van der Waals surface area contributed by atoms with Crippen LogP contribution < -0.4 is 10.1 Å². The second-order valence-corrected chi connectivity index (χ2v) is 7.11. The van der Waals surface area contributed by atoms with Crippen molar-refractivity contribution >= 4 is 17.5 Å². The van der Waals surface area contributed by atoms with Gasteiger partial charge in [0.15, 0.2) is 12.4 Å². The highest BCUT2D eigenvalue weighted by molar-refractivity contribution is 5.99. The van der Waals surface area contributed by atoms with Gasteiger partial charge >= 0.3 is 0 Å². The summed E-state index contributed by atoms with van der Waals surface area (Å²) >= 11 is 0. The number of aromatic nitrogens is 3. The number of rotatable bonds is 2. The summed E-state index contributed by atoms with van der Waals surface area (Å²) in [6.45, 7) is 3.04. The van der Waals surface area contributed by atoms with Crippen LogP contribution in [0.3, 0.4) is 0 Å². The minimum atomic E-state index is -0.210. The molecule has 3 heterocycles. The lowest BCUT2D eigenvalue weighted by molar-refractivity contribution is -0.118. The Labute approximate surface area is 167 Å². The van der Waals surface area contributed by atoms with Gasteiger partial charge in [-0.25, -0.2) is 9.67 Å². The molecule has 1 N–H and O–H groups in total. The van der Waals surface area contributed by atoms with Crippen LogP contribution in [0.5, 0.6) is 5.75 Å². The summed E-state index contributed by atoms with van der Waals surface area (Å²) in [4.78, 5) is 31.1. The van der Waals surface area contributed by atoms with Crippen LogP contribution in [-0.4, -0.2) is 44.6 Å². The third-order valence-corrected chi connectivity index (χ3v) is 5.25. The zero-order valence-electron chi connectivity index (χ0n) is 15.8. The molecule has 1 aromatic heterocycles. The van der Waals surface area contributed by atoms with Crippen LogP contribution in [-0.2, 0) is 11.3 Å². The number of amides is 2. The van der Waals surface area contributed by atoms with Crippen LogP contribution in [0.25, 0.3) is 11.4 Å². The Bertz CT molecular complexity index is 1110. The van der Waals surface area contributed by atoms with Gasteiger partial charge in [0, 0.05) is 17.7 Å². The molecule has 1 atom stereocenters. The van der Waals surface area contributed by atoms with Crippen LogP contribution in [0.4, 0.5) is 5.69 Å². The Kier molecular flexibility index (Phi) is 4.04. The predicted octanol–water partition coefficient (Wildman–Crippen LogP) is 2.49. The number of fused-ring (bicyclic) bond motifs is 2. The van der Waals surface area contributed by atoms with E-state index in [4.69, 9.17) is 9.72 Å². The van der Waals surface area contributed by atoms with Crippen LogP contribution in [0.15, 0.2) is 48.5 Å². The number of carbonyl (C=O) groups excluding carboxylic acids is 2. The average Bonchev–Trinajstić information content (AvgIpc) is 3.19. The van der Waals surface area contributed by atoms with Gasteiger partial charge in [-0.3, -0.25) is 9.59 Å². The largest absolute Gasteiger partial charge is 0.482 e. The fourth-order valence-corrected chi connectivity index (χ4v) is 3.72. The molecule has 8 nitrogen and oxygen atoms in total. The molecule has 2 aliphatic heterocycles. The Balaban J connectivity index is 1.41. The van der Waals surface area contributed by atoms with Gasteiger partial charge < -0.3 is 15.0 Å². The zero-order chi connectivity index (χ0) is 20.0. The van der Waals surface area contributed by atoms with E-state index in [1.807, 2.05) is 41.9 Å². The van der Waals surface area contributed by atoms with Crippen molar-refractivity contribution in [2.75, 3.05) is 18.5 Å². The maximum atomic E-state index is 13.2. The summed E-state index contributed by atoms with van der Waals surface area (Å²) in [5.41, 5.74) is 2.05. The van der Waals surface area contributed by atoms with Gasteiger partial charge in [-0.2, -0.15) is 5.10 Å². The highest BCUT2D eigenvalue weighted by Crippen LogP contribution is 2.31. The van der Waals surface area contributed by atoms with Crippen molar-refractivity contribution < 1.29 is 14.3 Å². The number of benzene rings is 2. The molecule has 0 radical (unpaired) electrons. The lowest BCUT2D eigenvalue weighted by Crippen LogP contribution is -2.41. The average molecular weight is 389 g/mol. The molecule has 0 unspecified atom stereocenters. The summed E-state index contributed by atoms with van der Waals surface area (Å²) in [5.74, 6) is 1.64. The van der Waals surface area contributed by atoms with Crippen molar-refractivity contribution in [2.45, 2.75) is 19.5 Å². The molecule has 0 saturated carbocycles. The molecule has 2 amide bonds. The molecular formula is C21H19N5O3. The summed E-state index contributed by atoms with van der Waals surface area (Å²) in [5, 5.41) is 7.35. The van der Waals surface area contributed by atoms with E-state index in [1.54, 1.807) is 23.1 Å². The molecule has 146 valence electrons. The standard InChI is InChI=1S/C21H19N5O3/c1-13-20-23-19(14-5-3-2-4-6-14)24-26(20)10-9-25(13)21(28)15-7-8-16-17(11-15)29-12-18(27)22-16/h2-8,11,13H,9-10,12H2,1H3,(H,22,27)/t13-/m0/s1. The predicted molar refractivity (Wildman–Crippen MR) is 105 cm³/mol. The van der Waals surface area contributed by atoms with E-state index in [1.165, 1.54) is 0 Å². The molecule has 3 aromatic rings. The first-order chi connectivity index (χ1) is 14.1. The number of hydrogen-bond acceptors (Lipinski definition) is 5. The van der Waals surface area contributed by atoms with Crippen LogP contribution in [0, 0.1) is 0 Å². The van der Waals surface area contributed by atoms with Gasteiger partial charge in [0.1, 0.15) is 11.6 Å². The summed E-state index contributed by atoms with van der Waals surface area (Å²) in [6, 6.07) is 14.7. The first-order valence-corrected chi connectivity index (χ1v) is 9.48. The molecule has 0 saturated heterocycles. The van der Waals surface area contributed by atoms with Crippen molar-refractivity contribution in [3.63, 3.8) is 0 Å². The van der Waals surface area contributed by atoms with Crippen molar-refractivity contribution in [1.82, 2.24) is 19.7 Å². The van der Waals surface area contributed by atoms with Gasteiger partial charge in [-0.15, -0.1) is 0 Å². The summed E-state index contributed by atoms with van der Waals surface area (Å²) < 4.78 is 7.32. The quantitative estimate of drug-likeness (QED) is 0.727. The van der Waals surface area contributed by atoms with Gasteiger partial charge in [-0.1, -0.05) is 30.3 Å². The van der Waals surface area contributed by atoms with Gasteiger partial charge in [-0.05, 0) is 25.1 Å². The number of ether oxygens (including phenoxy) is 1. The van der Waals surface area contributed by atoms with Crippen LogP contribution in [0.2, 0.25) is 0 Å². The number of anilines is 1. The molecule has 5 rings (SSSR count). The topological polar surface area (TPSA) is 89.3 Å². The normalized spacial score (nSPS) is 17.8. The lowest BCUT2D eigenvalue weighted by Gasteiger charge is -2.33. The zero-order valence-corrected chi connectivity index (χ0v) is 15.8. The number of nitrogens with one attached hydrogen (secondary N) is 1. The summed E-state index contributed by atoms with van der Waals surface area (Å²) in [7, 11) is 0. The molecule has 29 heavy (non-hydrogen) atoms. The molecule has 0 bridgehead atoms. The highest BCUT2D eigenvalue weighted by atomic mass is 16.5. The van der Waals surface area contributed by atoms with E-state index in [2.05, 4.69) is 10.4 Å². The first-order valence-electron chi connectivity index (χ1n) is 9.48. The van der Waals surface area contributed by atoms with Gasteiger partial charge in [0.2, 0.25) is 0 Å². The second kappa shape index (κ2) is 6.73. The Morgan fingerprint density at radius 1 is 1.17 bits per heavy atom. The van der Waals surface area contributed by atoms with Crippen LogP contribution >= 0.6 is 0 Å². The minimum Gasteiger partial charge on any atom is -0.482 e. The van der Waals surface area contributed by atoms with E-state index in [-0.39, 0.29) is 24.5 Å². The third-order valence-electron chi connectivity index (χ3n) is 5.25. The van der Waals surface area contributed by atoms with E-state index in [0.29, 0.717) is 35.9 Å². The molecular weight excluding hydrogens is 370 g/mol. The highest BCUT2D eigenvalue weighted by Gasteiger charge is 2.32. The lowest BCUT2D eigenvalue weighted by atomic mass is 10.1. The fourth-order valence-electron chi connectivity index (χ4n) is 3.72. The van der Waals surface area contributed by atoms with Crippen molar-refractivity contribution in [1.29, 1.82) is 0 Å². The molecule has 8 heteroatoms. The Hall–Kier alpha value is -3.68. The minimum absolute atomic E-state index is 0.0455. The Morgan fingerprint density at radius 2 is 2.00 bits per heavy atom. The van der Waals surface area contributed by atoms with E-state index in [9.17, 15) is 9.59 Å². The smallest absolute Gasteiger partial charge is 0.262 e. The number of nitrogens with zero attached hydrogens (tertiary/aromatic N) is 4. The maximum Gasteiger partial charge on any atom is 0.262 e.